The molecule has 0 N–H and O–H groups in total. The average Bonchev–Trinajstić information content (AvgIpc) is 2.89. The summed E-state index contributed by atoms with van der Waals surface area (Å²) in [5, 5.41) is 11.1. The maximum atomic E-state index is 14.1. The van der Waals surface area contributed by atoms with E-state index in [-0.39, 0.29) is 35.6 Å². The number of anilines is 1. The van der Waals surface area contributed by atoms with Crippen molar-refractivity contribution in [2.24, 2.45) is 5.92 Å². The Morgan fingerprint density at radius 3 is 2.81 bits per heavy atom. The topological polar surface area (TPSA) is 86.5 Å². The first kappa shape index (κ1) is 24.0. The van der Waals surface area contributed by atoms with Gasteiger partial charge in [0, 0.05) is 34.6 Å². The largest absolute Gasteiger partial charge is 0.494 e. The van der Waals surface area contributed by atoms with Crippen molar-refractivity contribution in [2.45, 2.75) is 37.6 Å². The van der Waals surface area contributed by atoms with Crippen LogP contribution in [-0.4, -0.2) is 41.5 Å². The molecule has 0 spiro atoms. The fourth-order valence-electron chi connectivity index (χ4n) is 5.54. The van der Waals surface area contributed by atoms with E-state index in [0.29, 0.717) is 24.9 Å². The molecule has 3 amide bonds. The van der Waals surface area contributed by atoms with Gasteiger partial charge in [0.2, 0.25) is 5.91 Å². The van der Waals surface area contributed by atoms with Crippen LogP contribution in [0, 0.1) is 23.1 Å². The molecule has 1 aromatic heterocycles. The lowest BCUT2D eigenvalue weighted by Crippen LogP contribution is -2.63. The number of benzene rings is 2. The fraction of sp³-hybridized carbons (Fsp3) is 0.333. The number of urea groups is 1. The number of imide groups is 1. The predicted octanol–water partition coefficient (Wildman–Crippen LogP) is 5.67. The number of rotatable bonds is 5. The highest BCUT2D eigenvalue weighted by molar-refractivity contribution is 6.31. The highest BCUT2D eigenvalue weighted by Gasteiger charge is 2.49. The van der Waals surface area contributed by atoms with Crippen LogP contribution in [0.4, 0.5) is 14.9 Å². The second kappa shape index (κ2) is 9.75. The number of fused-ring (bicyclic) bond motifs is 2. The highest BCUT2D eigenvalue weighted by Crippen LogP contribution is 2.45. The van der Waals surface area contributed by atoms with Gasteiger partial charge >= 0.3 is 6.03 Å². The Morgan fingerprint density at radius 2 is 2.03 bits per heavy atom. The Hall–Kier alpha value is -3.70. The number of hydrogen-bond donors (Lipinski definition) is 0. The van der Waals surface area contributed by atoms with Crippen LogP contribution in [0.5, 0.6) is 5.75 Å². The molecule has 9 heteroatoms. The molecule has 1 saturated heterocycles. The van der Waals surface area contributed by atoms with Crippen LogP contribution in [0.15, 0.2) is 48.8 Å². The molecule has 2 fully saturated rings. The molecule has 36 heavy (non-hydrogen) atoms. The molecule has 1 aliphatic carbocycles. The minimum Gasteiger partial charge on any atom is -0.494 e. The van der Waals surface area contributed by atoms with Crippen LogP contribution in [0.2, 0.25) is 5.02 Å². The van der Waals surface area contributed by atoms with Crippen molar-refractivity contribution in [3.63, 3.8) is 0 Å². The molecule has 3 atom stereocenters. The zero-order valence-electron chi connectivity index (χ0n) is 19.7. The Morgan fingerprint density at radius 1 is 1.22 bits per heavy atom. The number of nitriles is 1. The van der Waals surface area contributed by atoms with Crippen molar-refractivity contribution in [3.8, 4) is 11.8 Å². The number of aromatic nitrogens is 1. The summed E-state index contributed by atoms with van der Waals surface area (Å²) < 4.78 is 19.3. The van der Waals surface area contributed by atoms with Gasteiger partial charge < -0.3 is 9.64 Å². The summed E-state index contributed by atoms with van der Waals surface area (Å²) in [6, 6.07) is 11.6. The summed E-state index contributed by atoms with van der Waals surface area (Å²) in [6.45, 7) is 0.200. The van der Waals surface area contributed by atoms with E-state index < -0.39 is 23.8 Å². The van der Waals surface area contributed by atoms with Crippen LogP contribution in [-0.2, 0) is 4.79 Å². The number of ether oxygens (including phenoxy) is 1. The first-order valence-electron chi connectivity index (χ1n) is 11.8. The quantitative estimate of drug-likeness (QED) is 0.445. The number of pyridine rings is 1. The number of hydrogen-bond acceptors (Lipinski definition) is 5. The van der Waals surface area contributed by atoms with Crippen LogP contribution in [0.1, 0.15) is 37.2 Å². The predicted molar refractivity (Wildman–Crippen MR) is 133 cm³/mol. The number of carbonyl (C=O) groups excluding carboxylic acids is 2. The monoisotopic (exact) mass is 506 g/mol. The third-order valence-corrected chi connectivity index (χ3v) is 7.58. The van der Waals surface area contributed by atoms with E-state index in [1.54, 1.807) is 17.2 Å². The molecule has 0 bridgehead atoms. The minimum atomic E-state index is -0.544. The van der Waals surface area contributed by atoms with Gasteiger partial charge in [-0.2, -0.15) is 5.26 Å². The summed E-state index contributed by atoms with van der Waals surface area (Å²) >= 11 is 6.40. The van der Waals surface area contributed by atoms with E-state index in [2.05, 4.69) is 11.1 Å². The van der Waals surface area contributed by atoms with Gasteiger partial charge in [0.25, 0.3) is 0 Å². The first-order chi connectivity index (χ1) is 17.4. The van der Waals surface area contributed by atoms with Crippen molar-refractivity contribution in [1.82, 2.24) is 9.88 Å². The fourth-order valence-corrected chi connectivity index (χ4v) is 5.84. The molecule has 184 valence electrons. The lowest BCUT2D eigenvalue weighted by Gasteiger charge is -2.48. The maximum Gasteiger partial charge on any atom is 0.331 e. The van der Waals surface area contributed by atoms with Crippen LogP contribution >= 0.6 is 11.6 Å². The number of halogens is 2. The summed E-state index contributed by atoms with van der Waals surface area (Å²) in [6.07, 6.45) is 5.01. The second-order valence-electron chi connectivity index (χ2n) is 9.13. The van der Waals surface area contributed by atoms with Gasteiger partial charge in [-0.25, -0.2) is 14.1 Å². The van der Waals surface area contributed by atoms with Gasteiger partial charge in [-0.1, -0.05) is 35.9 Å². The lowest BCUT2D eigenvalue weighted by molar-refractivity contribution is -0.126. The molecule has 1 aliphatic heterocycles. The smallest absolute Gasteiger partial charge is 0.331 e. The standard InChI is InChI=1S/C27H24ClFN4O3/c1-36-25-12-20(21(28)13-22(25)29)16-7-8-19-23(11-16)32(10-4-9-30)27(35)33(26(19)34)24-15-31-14-17-5-2-3-6-18(17)24/h2-3,5-6,12-16,19,23H,4,7-8,10-11H2,1H3. The molecule has 0 radical (unpaired) electrons. The number of methoxy groups -OCH3 is 1. The summed E-state index contributed by atoms with van der Waals surface area (Å²) in [4.78, 5) is 34.7. The van der Waals surface area contributed by atoms with Gasteiger partial charge in [0.1, 0.15) is 0 Å². The highest BCUT2D eigenvalue weighted by atomic mass is 35.5. The first-order valence-corrected chi connectivity index (χ1v) is 12.2. The molecule has 2 aromatic carbocycles. The Balaban J connectivity index is 1.52. The molecule has 3 aromatic rings. The zero-order chi connectivity index (χ0) is 25.4. The van der Waals surface area contributed by atoms with Crippen molar-refractivity contribution in [3.05, 3.63) is 65.2 Å². The summed E-state index contributed by atoms with van der Waals surface area (Å²) in [5.74, 6) is -1.24. The van der Waals surface area contributed by atoms with Gasteiger partial charge in [-0.05, 0) is 42.9 Å². The zero-order valence-corrected chi connectivity index (χ0v) is 20.4. The maximum absolute atomic E-state index is 14.1. The van der Waals surface area contributed by atoms with Gasteiger partial charge in [-0.3, -0.25) is 9.78 Å². The SMILES string of the molecule is COc1cc(C2CCC3C(=O)N(c4cncc5ccccc45)C(=O)N(CCC#N)C3C2)c(Cl)cc1F. The summed E-state index contributed by atoms with van der Waals surface area (Å²) in [7, 11) is 1.39. The van der Waals surface area contributed by atoms with E-state index in [9.17, 15) is 19.2 Å². The van der Waals surface area contributed by atoms with Crippen LogP contribution < -0.4 is 9.64 Å². The Labute approximate surface area is 213 Å². The van der Waals surface area contributed by atoms with Crippen molar-refractivity contribution < 1.29 is 18.7 Å². The summed E-state index contributed by atoms with van der Waals surface area (Å²) in [5.41, 5.74) is 1.17. The molecule has 7 nitrogen and oxygen atoms in total. The third-order valence-electron chi connectivity index (χ3n) is 7.26. The molecule has 2 heterocycles. The van der Waals surface area contributed by atoms with Crippen LogP contribution in [0.25, 0.3) is 10.8 Å². The van der Waals surface area contributed by atoms with E-state index in [0.717, 1.165) is 16.3 Å². The van der Waals surface area contributed by atoms with E-state index in [1.165, 1.54) is 24.3 Å². The van der Waals surface area contributed by atoms with Gasteiger partial charge in [0.05, 0.1) is 37.4 Å². The molecular formula is C27H24ClFN4O3. The molecular weight excluding hydrogens is 483 g/mol. The van der Waals surface area contributed by atoms with Crippen molar-refractivity contribution in [1.29, 1.82) is 5.26 Å². The van der Waals surface area contributed by atoms with Crippen molar-refractivity contribution >= 4 is 40.0 Å². The Bertz CT molecular complexity index is 1390. The minimum absolute atomic E-state index is 0.0933. The normalized spacial score (nSPS) is 21.9. The van der Waals surface area contributed by atoms with E-state index in [4.69, 9.17) is 16.3 Å². The van der Waals surface area contributed by atoms with Gasteiger partial charge in [-0.15, -0.1) is 0 Å². The molecule has 5 rings (SSSR count). The molecule has 2 aliphatic rings. The molecule has 1 saturated carbocycles. The Kier molecular flexibility index (Phi) is 6.50. The van der Waals surface area contributed by atoms with Crippen molar-refractivity contribution in [2.75, 3.05) is 18.6 Å². The van der Waals surface area contributed by atoms with E-state index in [1.807, 2.05) is 24.3 Å². The number of nitrogens with zero attached hydrogens (tertiary/aromatic N) is 4. The third kappa shape index (κ3) is 4.03. The lowest BCUT2D eigenvalue weighted by atomic mass is 9.73. The van der Waals surface area contributed by atoms with Gasteiger partial charge in [0.15, 0.2) is 11.6 Å². The number of carbonyl (C=O) groups is 2. The second-order valence-corrected chi connectivity index (χ2v) is 9.54. The number of amides is 3. The van der Waals surface area contributed by atoms with Crippen LogP contribution in [0.3, 0.4) is 0 Å². The van der Waals surface area contributed by atoms with E-state index >= 15 is 0 Å². The average molecular weight is 507 g/mol. The molecule has 3 unspecified atom stereocenters.